The number of ether oxygens (including phenoxy) is 2. The van der Waals surface area contributed by atoms with Gasteiger partial charge in [-0.3, -0.25) is 9.59 Å². The van der Waals surface area contributed by atoms with E-state index in [0.717, 1.165) is 18.4 Å². The molecule has 1 aliphatic carbocycles. The fourth-order valence-corrected chi connectivity index (χ4v) is 2.52. The molecule has 3 rings (SSSR count). The summed E-state index contributed by atoms with van der Waals surface area (Å²) in [6.45, 7) is 0. The molecule has 0 spiro atoms. The number of esters is 1. The summed E-state index contributed by atoms with van der Waals surface area (Å²) in [5.74, 6) is 0.947. The summed E-state index contributed by atoms with van der Waals surface area (Å²) in [6.07, 6.45) is 3.31. The van der Waals surface area contributed by atoms with Gasteiger partial charge in [0.2, 0.25) is 5.91 Å². The highest BCUT2D eigenvalue weighted by molar-refractivity contribution is 8.15. The van der Waals surface area contributed by atoms with E-state index >= 15 is 0 Å². The van der Waals surface area contributed by atoms with Gasteiger partial charge in [-0.25, -0.2) is 0 Å². The minimum atomic E-state index is -0.217. The van der Waals surface area contributed by atoms with Crippen molar-refractivity contribution in [3.8, 4) is 11.5 Å². The first kappa shape index (κ1) is 15.5. The number of nitrogens with one attached hydrogen (secondary N) is 1. The van der Waals surface area contributed by atoms with E-state index in [4.69, 9.17) is 9.47 Å². The summed E-state index contributed by atoms with van der Waals surface area (Å²) in [7, 11) is 1.51. The summed E-state index contributed by atoms with van der Waals surface area (Å²) in [4.78, 5) is 22.7. The number of nitrogens with zero attached hydrogens (tertiary/aromatic N) is 2. The molecular formula is C15H15N3O4S. The maximum absolute atomic E-state index is 11.7. The zero-order chi connectivity index (χ0) is 16.2. The predicted octanol–water partition coefficient (Wildman–Crippen LogP) is 1.56. The normalized spacial score (nSPS) is 19.2. The van der Waals surface area contributed by atoms with Crippen LogP contribution in [0.2, 0.25) is 0 Å². The van der Waals surface area contributed by atoms with Gasteiger partial charge in [-0.1, -0.05) is 11.8 Å². The van der Waals surface area contributed by atoms with Crippen molar-refractivity contribution in [1.82, 2.24) is 5.32 Å². The highest BCUT2D eigenvalue weighted by atomic mass is 32.2. The molecule has 0 aromatic heterocycles. The molecule has 1 amide bonds. The van der Waals surface area contributed by atoms with Crippen molar-refractivity contribution in [3.05, 3.63) is 23.8 Å². The predicted molar refractivity (Wildman–Crippen MR) is 87.0 cm³/mol. The minimum absolute atomic E-state index is 0.0240. The summed E-state index contributed by atoms with van der Waals surface area (Å²) in [6, 6.07) is 5.13. The van der Waals surface area contributed by atoms with E-state index < -0.39 is 0 Å². The molecule has 0 unspecified atom stereocenters. The molecule has 1 aliphatic heterocycles. The molecule has 23 heavy (non-hydrogen) atoms. The molecule has 8 heteroatoms. The fraction of sp³-hybridized carbons (Fsp3) is 0.333. The second-order valence-corrected chi connectivity index (χ2v) is 6.06. The molecule has 1 heterocycles. The van der Waals surface area contributed by atoms with Gasteiger partial charge in [-0.05, 0) is 36.6 Å². The summed E-state index contributed by atoms with van der Waals surface area (Å²) in [5.41, 5.74) is 0.742. The number of hydrogen-bond donors (Lipinski definition) is 1. The Bertz CT molecular complexity index is 698. The molecular weight excluding hydrogens is 318 g/mol. The van der Waals surface area contributed by atoms with E-state index in [1.54, 1.807) is 18.2 Å². The first-order valence-corrected chi connectivity index (χ1v) is 8.07. The maximum atomic E-state index is 11.7. The molecule has 120 valence electrons. The van der Waals surface area contributed by atoms with Crippen LogP contribution in [-0.2, 0) is 9.59 Å². The lowest BCUT2D eigenvalue weighted by Crippen LogP contribution is -2.19. The van der Waals surface area contributed by atoms with Crippen molar-refractivity contribution >= 4 is 35.0 Å². The summed E-state index contributed by atoms with van der Waals surface area (Å²) < 4.78 is 10.6. The van der Waals surface area contributed by atoms with Crippen LogP contribution >= 0.6 is 11.8 Å². The van der Waals surface area contributed by atoms with Gasteiger partial charge in [0.25, 0.3) is 0 Å². The number of carbonyl (C=O) groups is 2. The van der Waals surface area contributed by atoms with Crippen molar-refractivity contribution in [2.45, 2.75) is 12.8 Å². The van der Waals surface area contributed by atoms with Crippen LogP contribution in [0.25, 0.3) is 0 Å². The molecule has 0 bridgehead atoms. The second-order valence-electron chi connectivity index (χ2n) is 5.09. The molecule has 1 saturated heterocycles. The van der Waals surface area contributed by atoms with E-state index in [1.807, 2.05) is 0 Å². The van der Waals surface area contributed by atoms with Crippen molar-refractivity contribution in [2.24, 2.45) is 16.1 Å². The van der Waals surface area contributed by atoms with Crippen LogP contribution in [-0.4, -0.2) is 36.1 Å². The zero-order valence-corrected chi connectivity index (χ0v) is 13.3. The van der Waals surface area contributed by atoms with E-state index in [2.05, 4.69) is 15.5 Å². The molecule has 2 aliphatic rings. The number of methoxy groups -OCH3 is 1. The van der Waals surface area contributed by atoms with Crippen LogP contribution in [0, 0.1) is 5.92 Å². The fourth-order valence-electron chi connectivity index (χ4n) is 1.89. The lowest BCUT2D eigenvalue weighted by Gasteiger charge is -2.09. The Labute approximate surface area is 137 Å². The first-order chi connectivity index (χ1) is 11.2. The van der Waals surface area contributed by atoms with E-state index in [0.29, 0.717) is 22.4 Å². The quantitative estimate of drug-likeness (QED) is 0.382. The van der Waals surface area contributed by atoms with Gasteiger partial charge in [-0.15, -0.1) is 5.10 Å². The lowest BCUT2D eigenvalue weighted by molar-refractivity contribution is -0.135. The third-order valence-electron chi connectivity index (χ3n) is 3.25. The maximum Gasteiger partial charge on any atom is 0.314 e. The van der Waals surface area contributed by atoms with Crippen LogP contribution in [0.3, 0.4) is 0 Å². The van der Waals surface area contributed by atoms with Crippen molar-refractivity contribution in [1.29, 1.82) is 0 Å². The highest BCUT2D eigenvalue weighted by Crippen LogP contribution is 2.34. The largest absolute Gasteiger partial charge is 0.493 e. The molecule has 1 aromatic rings. The lowest BCUT2D eigenvalue weighted by atomic mass is 10.2. The molecule has 0 atom stereocenters. The zero-order valence-electron chi connectivity index (χ0n) is 12.4. The molecule has 2 fully saturated rings. The Kier molecular flexibility index (Phi) is 4.61. The van der Waals surface area contributed by atoms with Gasteiger partial charge < -0.3 is 14.8 Å². The number of amides is 1. The number of amidine groups is 1. The average Bonchev–Trinajstić information content (AvgIpc) is 3.32. The monoisotopic (exact) mass is 333 g/mol. The topological polar surface area (TPSA) is 89.3 Å². The number of hydrogen-bond acceptors (Lipinski definition) is 7. The van der Waals surface area contributed by atoms with Gasteiger partial charge in [0, 0.05) is 0 Å². The van der Waals surface area contributed by atoms with Gasteiger partial charge >= 0.3 is 5.97 Å². The number of rotatable bonds is 5. The molecule has 1 saturated carbocycles. The Morgan fingerprint density at radius 3 is 2.87 bits per heavy atom. The van der Waals surface area contributed by atoms with E-state index in [1.165, 1.54) is 25.1 Å². The second kappa shape index (κ2) is 6.82. The van der Waals surface area contributed by atoms with Crippen molar-refractivity contribution in [2.75, 3.05) is 12.9 Å². The molecule has 1 N–H and O–H groups in total. The van der Waals surface area contributed by atoms with Crippen LogP contribution in [0.15, 0.2) is 28.4 Å². The molecule has 7 nitrogen and oxygen atoms in total. The Balaban J connectivity index is 1.68. The summed E-state index contributed by atoms with van der Waals surface area (Å²) in [5, 5.41) is 10.9. The third kappa shape index (κ3) is 4.10. The number of carbonyl (C=O) groups excluding carboxylic acids is 2. The number of thioether (sulfide) groups is 1. The van der Waals surface area contributed by atoms with Crippen molar-refractivity contribution in [3.63, 3.8) is 0 Å². The van der Waals surface area contributed by atoms with Gasteiger partial charge in [-0.2, -0.15) is 5.10 Å². The van der Waals surface area contributed by atoms with Crippen LogP contribution in [0.1, 0.15) is 18.4 Å². The average molecular weight is 333 g/mol. The minimum Gasteiger partial charge on any atom is -0.493 e. The SMILES string of the molecule is COc1cc(C=NN=C2NC(=O)CS2)ccc1OC(=O)C1CC1. The smallest absolute Gasteiger partial charge is 0.314 e. The Hall–Kier alpha value is -2.35. The van der Waals surface area contributed by atoms with Crippen LogP contribution in [0.4, 0.5) is 0 Å². The van der Waals surface area contributed by atoms with E-state index in [-0.39, 0.29) is 17.8 Å². The standard InChI is InChI=1S/C15H15N3O4S/c1-21-12-6-9(7-16-18-15-17-13(19)8-23-15)2-5-11(12)22-14(20)10-3-4-10/h2,5-7,10H,3-4,8H2,1H3,(H,17,18,19). The van der Waals surface area contributed by atoms with Gasteiger partial charge in [0.1, 0.15) is 0 Å². The molecule has 0 radical (unpaired) electrons. The van der Waals surface area contributed by atoms with Crippen LogP contribution in [0.5, 0.6) is 11.5 Å². The van der Waals surface area contributed by atoms with Gasteiger partial charge in [0.05, 0.1) is 25.0 Å². The summed E-state index contributed by atoms with van der Waals surface area (Å²) >= 11 is 1.30. The van der Waals surface area contributed by atoms with Gasteiger partial charge in [0.15, 0.2) is 16.7 Å². The van der Waals surface area contributed by atoms with Crippen LogP contribution < -0.4 is 14.8 Å². The van der Waals surface area contributed by atoms with Crippen molar-refractivity contribution < 1.29 is 19.1 Å². The Morgan fingerprint density at radius 2 is 2.22 bits per heavy atom. The number of benzene rings is 1. The van der Waals surface area contributed by atoms with E-state index in [9.17, 15) is 9.59 Å². The Morgan fingerprint density at radius 1 is 1.39 bits per heavy atom. The molecule has 1 aromatic carbocycles. The highest BCUT2D eigenvalue weighted by Gasteiger charge is 2.32. The first-order valence-electron chi connectivity index (χ1n) is 7.09. The third-order valence-corrected chi connectivity index (χ3v) is 4.11.